The van der Waals surface area contributed by atoms with Crippen LogP contribution < -0.4 is 5.43 Å². The Morgan fingerprint density at radius 1 is 1.12 bits per heavy atom. The van der Waals surface area contributed by atoms with Gasteiger partial charge in [0.2, 0.25) is 0 Å². The monoisotopic (exact) mass is 334 g/mol. The zero-order valence-electron chi connectivity index (χ0n) is 12.9. The van der Waals surface area contributed by atoms with Gasteiger partial charge in [0.15, 0.2) is 16.0 Å². The second-order valence-electron chi connectivity index (χ2n) is 5.60. The van der Waals surface area contributed by atoms with Crippen LogP contribution in [0.25, 0.3) is 28.0 Å². The molecule has 0 aliphatic heterocycles. The average Bonchev–Trinajstić information content (AvgIpc) is 2.98. The van der Waals surface area contributed by atoms with Gasteiger partial charge in [-0.05, 0) is 43.4 Å². The SMILES string of the molecule is Cc1ccc2[nH]cc(-c3n[nH]c(=S)n3-c3ccccc3)c(=O)c2c1. The highest BCUT2D eigenvalue weighted by molar-refractivity contribution is 7.71. The van der Waals surface area contributed by atoms with Gasteiger partial charge in [-0.1, -0.05) is 29.8 Å². The van der Waals surface area contributed by atoms with Crippen LogP contribution in [0.15, 0.2) is 59.5 Å². The van der Waals surface area contributed by atoms with Crippen LogP contribution in [-0.4, -0.2) is 19.7 Å². The van der Waals surface area contributed by atoms with E-state index >= 15 is 0 Å². The molecule has 0 unspecified atom stereocenters. The molecule has 0 saturated heterocycles. The van der Waals surface area contributed by atoms with E-state index in [0.29, 0.717) is 21.5 Å². The molecule has 2 heterocycles. The van der Waals surface area contributed by atoms with Crippen LogP contribution in [0.1, 0.15) is 5.56 Å². The second kappa shape index (κ2) is 5.58. The minimum absolute atomic E-state index is 0.0707. The Morgan fingerprint density at radius 3 is 2.71 bits per heavy atom. The van der Waals surface area contributed by atoms with Crippen molar-refractivity contribution in [2.75, 3.05) is 0 Å². The summed E-state index contributed by atoms with van der Waals surface area (Å²) < 4.78 is 2.21. The fourth-order valence-corrected chi connectivity index (χ4v) is 3.03. The van der Waals surface area contributed by atoms with Crippen LogP contribution >= 0.6 is 12.2 Å². The number of fused-ring (bicyclic) bond motifs is 1. The maximum absolute atomic E-state index is 13.0. The van der Waals surface area contributed by atoms with Gasteiger partial charge >= 0.3 is 0 Å². The number of hydrogen-bond acceptors (Lipinski definition) is 3. The van der Waals surface area contributed by atoms with Crippen LogP contribution in [0.5, 0.6) is 0 Å². The van der Waals surface area contributed by atoms with Gasteiger partial charge in [0.25, 0.3) is 0 Å². The Morgan fingerprint density at radius 2 is 1.92 bits per heavy atom. The molecule has 5 nitrogen and oxygen atoms in total. The van der Waals surface area contributed by atoms with Gasteiger partial charge < -0.3 is 4.98 Å². The van der Waals surface area contributed by atoms with Crippen LogP contribution in [0.4, 0.5) is 0 Å². The first-order valence-electron chi connectivity index (χ1n) is 7.50. The van der Waals surface area contributed by atoms with E-state index in [1.807, 2.05) is 55.5 Å². The molecule has 0 aliphatic rings. The van der Waals surface area contributed by atoms with Gasteiger partial charge in [-0.3, -0.25) is 14.5 Å². The van der Waals surface area contributed by atoms with Crippen molar-refractivity contribution in [2.45, 2.75) is 6.92 Å². The van der Waals surface area contributed by atoms with Crippen LogP contribution in [-0.2, 0) is 0 Å². The lowest BCUT2D eigenvalue weighted by molar-refractivity contribution is 1.03. The van der Waals surface area contributed by atoms with Crippen LogP contribution in [0, 0.1) is 11.7 Å². The summed E-state index contributed by atoms with van der Waals surface area (Å²) in [7, 11) is 0. The Kier molecular flexibility index (Phi) is 3.39. The fraction of sp³-hybridized carbons (Fsp3) is 0.0556. The molecule has 0 aliphatic carbocycles. The summed E-state index contributed by atoms with van der Waals surface area (Å²) in [5.74, 6) is 0.496. The molecule has 2 aromatic carbocycles. The molecule has 2 aromatic heterocycles. The Labute approximate surface area is 142 Å². The number of aromatic nitrogens is 4. The number of aromatic amines is 2. The third kappa shape index (κ3) is 2.28. The third-order valence-electron chi connectivity index (χ3n) is 3.96. The first kappa shape index (κ1) is 14.6. The van der Waals surface area contributed by atoms with E-state index < -0.39 is 0 Å². The summed E-state index contributed by atoms with van der Waals surface area (Å²) in [6.45, 7) is 1.96. The number of pyridine rings is 1. The highest BCUT2D eigenvalue weighted by Gasteiger charge is 2.15. The van der Waals surface area contributed by atoms with E-state index in [9.17, 15) is 4.79 Å². The molecule has 4 rings (SSSR count). The van der Waals surface area contributed by atoms with E-state index in [1.165, 1.54) is 0 Å². The van der Waals surface area contributed by atoms with Crippen molar-refractivity contribution in [1.82, 2.24) is 19.7 Å². The topological polar surface area (TPSA) is 66.5 Å². The van der Waals surface area contributed by atoms with Gasteiger partial charge in [0.1, 0.15) is 0 Å². The minimum atomic E-state index is -0.0707. The Hall–Kier alpha value is -2.99. The predicted octanol–water partition coefficient (Wildman–Crippen LogP) is 3.75. The number of hydrogen-bond donors (Lipinski definition) is 2. The van der Waals surface area contributed by atoms with E-state index in [2.05, 4.69) is 15.2 Å². The normalized spacial score (nSPS) is 11.0. The van der Waals surface area contributed by atoms with Gasteiger partial charge in [-0.15, -0.1) is 0 Å². The highest BCUT2D eigenvalue weighted by atomic mass is 32.1. The van der Waals surface area contributed by atoms with Crippen molar-refractivity contribution in [1.29, 1.82) is 0 Å². The largest absolute Gasteiger partial charge is 0.360 e. The van der Waals surface area contributed by atoms with Crippen LogP contribution in [0.2, 0.25) is 0 Å². The first-order chi connectivity index (χ1) is 11.6. The third-order valence-corrected chi connectivity index (χ3v) is 4.24. The van der Waals surface area contributed by atoms with Gasteiger partial charge in [0, 0.05) is 22.8 Å². The van der Waals surface area contributed by atoms with Crippen LogP contribution in [0.3, 0.4) is 0 Å². The molecular formula is C18H14N4OS. The molecule has 0 radical (unpaired) electrons. The molecule has 0 bridgehead atoms. The number of nitrogens with one attached hydrogen (secondary N) is 2. The summed E-state index contributed by atoms with van der Waals surface area (Å²) in [5, 5.41) is 7.70. The molecule has 0 atom stereocenters. The molecule has 0 saturated carbocycles. The number of rotatable bonds is 2. The van der Waals surface area contributed by atoms with Crippen molar-refractivity contribution in [3.05, 3.63) is 75.3 Å². The molecule has 24 heavy (non-hydrogen) atoms. The lowest BCUT2D eigenvalue weighted by atomic mass is 10.1. The average molecular weight is 334 g/mol. The number of aryl methyl sites for hydroxylation is 1. The molecule has 0 fully saturated rings. The number of nitrogens with zero attached hydrogens (tertiary/aromatic N) is 2. The standard InChI is InChI=1S/C18H14N4OS/c1-11-7-8-15-13(9-11)16(23)14(10-19-15)17-20-21-18(24)22(17)12-5-3-2-4-6-12/h2-10H,1H3,(H,19,23)(H,21,24). The number of para-hydroxylation sites is 1. The molecule has 4 aromatic rings. The summed E-state index contributed by atoms with van der Waals surface area (Å²) >= 11 is 5.35. The van der Waals surface area contributed by atoms with E-state index in [4.69, 9.17) is 12.2 Å². The van der Waals surface area contributed by atoms with Crippen molar-refractivity contribution >= 4 is 23.1 Å². The quantitative estimate of drug-likeness (QED) is 0.549. The molecule has 2 N–H and O–H groups in total. The molecule has 0 spiro atoms. The van der Waals surface area contributed by atoms with Crippen molar-refractivity contribution in [3.63, 3.8) is 0 Å². The summed E-state index contributed by atoms with van der Waals surface area (Å²) in [5.41, 5.74) is 3.10. The van der Waals surface area contributed by atoms with Gasteiger partial charge in [-0.2, -0.15) is 5.10 Å². The van der Waals surface area contributed by atoms with Crippen molar-refractivity contribution in [3.8, 4) is 17.1 Å². The summed E-state index contributed by atoms with van der Waals surface area (Å²) in [6.07, 6.45) is 1.68. The second-order valence-corrected chi connectivity index (χ2v) is 5.99. The van der Waals surface area contributed by atoms with Gasteiger partial charge in [-0.25, -0.2) is 0 Å². The maximum Gasteiger partial charge on any atom is 0.200 e. The molecule has 0 amide bonds. The van der Waals surface area contributed by atoms with Crippen molar-refractivity contribution in [2.24, 2.45) is 0 Å². The lowest BCUT2D eigenvalue weighted by Gasteiger charge is -2.07. The van der Waals surface area contributed by atoms with E-state index in [-0.39, 0.29) is 5.43 Å². The Balaban J connectivity index is 2.02. The zero-order valence-corrected chi connectivity index (χ0v) is 13.7. The lowest BCUT2D eigenvalue weighted by Crippen LogP contribution is -2.10. The molecular weight excluding hydrogens is 320 g/mol. The first-order valence-corrected chi connectivity index (χ1v) is 7.91. The molecule has 6 heteroatoms. The fourth-order valence-electron chi connectivity index (χ4n) is 2.79. The highest BCUT2D eigenvalue weighted by Crippen LogP contribution is 2.20. The van der Waals surface area contributed by atoms with Gasteiger partial charge in [0.05, 0.1) is 5.56 Å². The van der Waals surface area contributed by atoms with E-state index in [1.54, 1.807) is 10.8 Å². The predicted molar refractivity (Wildman–Crippen MR) is 97.0 cm³/mol. The van der Waals surface area contributed by atoms with Crippen molar-refractivity contribution < 1.29 is 0 Å². The minimum Gasteiger partial charge on any atom is -0.360 e. The maximum atomic E-state index is 13.0. The van der Waals surface area contributed by atoms with E-state index in [0.717, 1.165) is 16.8 Å². The zero-order chi connectivity index (χ0) is 16.7. The smallest absolute Gasteiger partial charge is 0.200 e. The Bertz CT molecular complexity index is 1160. The number of H-pyrrole nitrogens is 2. The molecule has 118 valence electrons. The number of benzene rings is 2. The summed E-state index contributed by atoms with van der Waals surface area (Å²) in [4.78, 5) is 16.1. The summed E-state index contributed by atoms with van der Waals surface area (Å²) in [6, 6.07) is 15.4.